The van der Waals surface area contributed by atoms with E-state index in [-0.39, 0.29) is 35.5 Å². The van der Waals surface area contributed by atoms with Crippen LogP contribution in [0.25, 0.3) is 11.3 Å². The van der Waals surface area contributed by atoms with Crippen LogP contribution >= 0.6 is 11.6 Å². The van der Waals surface area contributed by atoms with E-state index in [0.717, 1.165) is 17.5 Å². The molecule has 1 aromatic heterocycles. The van der Waals surface area contributed by atoms with Gasteiger partial charge in [0.2, 0.25) is 5.91 Å². The van der Waals surface area contributed by atoms with Gasteiger partial charge in [0.15, 0.2) is 0 Å². The van der Waals surface area contributed by atoms with Crippen LogP contribution in [-0.4, -0.2) is 34.4 Å². The number of amides is 3. The number of pyridine rings is 1. The van der Waals surface area contributed by atoms with E-state index in [9.17, 15) is 14.0 Å². The van der Waals surface area contributed by atoms with Crippen LogP contribution in [0.3, 0.4) is 0 Å². The number of urea groups is 1. The molecule has 1 saturated heterocycles. The van der Waals surface area contributed by atoms with E-state index in [2.05, 4.69) is 10.3 Å². The van der Waals surface area contributed by atoms with E-state index in [4.69, 9.17) is 11.6 Å². The van der Waals surface area contributed by atoms with Crippen molar-refractivity contribution in [2.45, 2.75) is 18.4 Å². The summed E-state index contributed by atoms with van der Waals surface area (Å²) in [5.74, 6) is -0.527. The van der Waals surface area contributed by atoms with E-state index in [1.54, 1.807) is 12.3 Å². The van der Waals surface area contributed by atoms with Crippen molar-refractivity contribution in [1.82, 2.24) is 15.2 Å². The molecule has 1 aliphatic heterocycles. The summed E-state index contributed by atoms with van der Waals surface area (Å²) >= 11 is 5.80. The molecule has 3 amide bonds. The fourth-order valence-corrected chi connectivity index (χ4v) is 3.23. The third-order valence-electron chi connectivity index (χ3n) is 4.40. The zero-order valence-corrected chi connectivity index (χ0v) is 13.3. The van der Waals surface area contributed by atoms with Crippen LogP contribution in [0.4, 0.5) is 9.18 Å². The molecule has 2 atom stereocenters. The number of hydrogen-bond acceptors (Lipinski definition) is 3. The molecule has 1 aromatic carbocycles. The summed E-state index contributed by atoms with van der Waals surface area (Å²) in [4.78, 5) is 29.1. The van der Waals surface area contributed by atoms with Gasteiger partial charge in [-0.3, -0.25) is 14.7 Å². The first kappa shape index (κ1) is 15.1. The zero-order valence-electron chi connectivity index (χ0n) is 12.5. The smallest absolute Gasteiger partial charge is 0.324 e. The largest absolute Gasteiger partial charge is 0.329 e. The Morgan fingerprint density at radius 1 is 1.25 bits per heavy atom. The number of aromatic nitrogens is 1. The molecule has 0 bridgehead atoms. The molecule has 24 heavy (non-hydrogen) atoms. The molecule has 2 heterocycles. The summed E-state index contributed by atoms with van der Waals surface area (Å²) in [6.07, 6.45) is 2.48. The highest BCUT2D eigenvalue weighted by Gasteiger charge is 2.49. The van der Waals surface area contributed by atoms with Crippen molar-refractivity contribution in [3.05, 3.63) is 52.9 Å². The Morgan fingerprint density at radius 3 is 2.71 bits per heavy atom. The predicted octanol–water partition coefficient (Wildman–Crippen LogP) is 2.95. The lowest BCUT2D eigenvalue weighted by Gasteiger charge is -2.12. The Balaban J connectivity index is 1.52. The topological polar surface area (TPSA) is 62.3 Å². The van der Waals surface area contributed by atoms with Crippen molar-refractivity contribution >= 4 is 23.5 Å². The Kier molecular flexibility index (Phi) is 3.49. The first-order valence-corrected chi connectivity index (χ1v) is 7.93. The molecule has 1 saturated carbocycles. The van der Waals surface area contributed by atoms with Crippen molar-refractivity contribution in [3.8, 4) is 11.3 Å². The third-order valence-corrected chi connectivity index (χ3v) is 4.69. The minimum absolute atomic E-state index is 0.0548. The van der Waals surface area contributed by atoms with Crippen molar-refractivity contribution < 1.29 is 14.0 Å². The quantitative estimate of drug-likeness (QED) is 0.870. The minimum atomic E-state index is -0.466. The van der Waals surface area contributed by atoms with Gasteiger partial charge in [0.05, 0.1) is 17.3 Å². The average Bonchev–Trinajstić information content (AvgIpc) is 3.29. The summed E-state index contributed by atoms with van der Waals surface area (Å²) in [5.41, 5.74) is 2.40. The fourth-order valence-electron chi connectivity index (χ4n) is 3.05. The first-order chi connectivity index (χ1) is 11.5. The predicted molar refractivity (Wildman–Crippen MR) is 86.0 cm³/mol. The lowest BCUT2D eigenvalue weighted by atomic mass is 10.1. The van der Waals surface area contributed by atoms with Crippen LogP contribution in [0.5, 0.6) is 0 Å². The van der Waals surface area contributed by atoms with Gasteiger partial charge in [-0.25, -0.2) is 9.18 Å². The van der Waals surface area contributed by atoms with Crippen LogP contribution < -0.4 is 5.32 Å². The van der Waals surface area contributed by atoms with Gasteiger partial charge >= 0.3 is 6.03 Å². The summed E-state index contributed by atoms with van der Waals surface area (Å²) < 4.78 is 13.2. The number of hydrogen-bond donors (Lipinski definition) is 1. The molecule has 4 rings (SSSR count). The molecule has 0 radical (unpaired) electrons. The van der Waals surface area contributed by atoms with Crippen molar-refractivity contribution in [3.63, 3.8) is 0 Å². The van der Waals surface area contributed by atoms with Gasteiger partial charge in [-0.1, -0.05) is 17.7 Å². The van der Waals surface area contributed by atoms with Gasteiger partial charge in [-0.15, -0.1) is 0 Å². The molecule has 1 unspecified atom stereocenters. The maximum Gasteiger partial charge on any atom is 0.324 e. The summed E-state index contributed by atoms with van der Waals surface area (Å²) in [5, 5.41) is 2.59. The number of nitrogens with zero attached hydrogens (tertiary/aromatic N) is 2. The summed E-state index contributed by atoms with van der Waals surface area (Å²) in [7, 11) is 0. The molecule has 1 aliphatic carbocycles. The van der Waals surface area contributed by atoms with Crippen LogP contribution in [-0.2, 0) is 4.79 Å². The van der Waals surface area contributed by atoms with E-state index in [1.165, 1.54) is 17.0 Å². The van der Waals surface area contributed by atoms with Crippen LogP contribution in [0.15, 0.2) is 36.5 Å². The SMILES string of the molecule is O=C1CNC(=O)N1C1C[C@@H]1c1ccc(-c2ccc(F)c(Cl)c2)nc1. The average molecular weight is 346 g/mol. The summed E-state index contributed by atoms with van der Waals surface area (Å²) in [6, 6.07) is 7.80. The normalized spacial score (nSPS) is 22.7. The number of carbonyl (C=O) groups excluding carboxylic acids is 2. The van der Waals surface area contributed by atoms with Crippen molar-refractivity contribution in [2.75, 3.05) is 6.54 Å². The number of carbonyl (C=O) groups is 2. The number of benzene rings is 1. The van der Waals surface area contributed by atoms with Crippen molar-refractivity contribution in [1.29, 1.82) is 0 Å². The van der Waals surface area contributed by atoms with E-state index >= 15 is 0 Å². The minimum Gasteiger partial charge on any atom is -0.329 e. The van der Waals surface area contributed by atoms with E-state index < -0.39 is 5.82 Å². The second kappa shape index (κ2) is 5.56. The van der Waals surface area contributed by atoms with E-state index in [1.807, 2.05) is 12.1 Å². The van der Waals surface area contributed by atoms with Gasteiger partial charge in [0.1, 0.15) is 5.82 Å². The second-order valence-electron chi connectivity index (χ2n) is 5.94. The highest BCUT2D eigenvalue weighted by molar-refractivity contribution is 6.31. The van der Waals surface area contributed by atoms with E-state index in [0.29, 0.717) is 5.69 Å². The lowest BCUT2D eigenvalue weighted by Crippen LogP contribution is -2.33. The highest BCUT2D eigenvalue weighted by Crippen LogP contribution is 2.45. The van der Waals surface area contributed by atoms with Gasteiger partial charge < -0.3 is 5.32 Å². The van der Waals surface area contributed by atoms with Gasteiger partial charge in [0.25, 0.3) is 0 Å². The van der Waals surface area contributed by atoms with Gasteiger partial charge in [-0.05, 0) is 36.2 Å². The maximum absolute atomic E-state index is 13.2. The fraction of sp³-hybridized carbons (Fsp3) is 0.235. The number of halogens is 2. The van der Waals surface area contributed by atoms with Gasteiger partial charge in [-0.2, -0.15) is 0 Å². The Bertz CT molecular complexity index is 824. The molecule has 5 nitrogen and oxygen atoms in total. The molecule has 2 fully saturated rings. The van der Waals surface area contributed by atoms with Gasteiger partial charge in [0, 0.05) is 23.7 Å². The van der Waals surface area contributed by atoms with Crippen LogP contribution in [0, 0.1) is 5.82 Å². The molecule has 7 heteroatoms. The molecular formula is C17H13ClFN3O2. The third kappa shape index (κ3) is 2.53. The Hall–Kier alpha value is -2.47. The van der Waals surface area contributed by atoms with Crippen molar-refractivity contribution in [2.24, 2.45) is 0 Å². The zero-order chi connectivity index (χ0) is 16.8. The van der Waals surface area contributed by atoms with Crippen LogP contribution in [0.1, 0.15) is 17.9 Å². The molecule has 0 spiro atoms. The summed E-state index contributed by atoms with van der Waals surface area (Å²) in [6.45, 7) is 0.0740. The first-order valence-electron chi connectivity index (χ1n) is 7.56. The lowest BCUT2D eigenvalue weighted by molar-refractivity contribution is -0.125. The highest BCUT2D eigenvalue weighted by atomic mass is 35.5. The molecule has 1 N–H and O–H groups in total. The maximum atomic E-state index is 13.2. The monoisotopic (exact) mass is 345 g/mol. The van der Waals surface area contributed by atoms with Crippen LogP contribution in [0.2, 0.25) is 5.02 Å². The number of imide groups is 1. The second-order valence-corrected chi connectivity index (χ2v) is 6.34. The standard InChI is InChI=1S/C17H13ClFN3O2/c18-12-5-9(1-3-13(12)19)14-4-2-10(7-20-14)11-6-15(11)22-16(23)8-21-17(22)24/h1-5,7,11,15H,6,8H2,(H,21,24)/t11-,15?/m1/s1. The molecule has 122 valence electrons. The molecule has 2 aromatic rings. The molecule has 2 aliphatic rings. The molecular weight excluding hydrogens is 333 g/mol. The number of nitrogens with one attached hydrogen (secondary N) is 1. The Labute approximate surface area is 142 Å². The number of rotatable bonds is 3. The Morgan fingerprint density at radius 2 is 2.08 bits per heavy atom.